The second-order valence-corrected chi connectivity index (χ2v) is 7.37. The minimum atomic E-state index is -2.97. The third-order valence-corrected chi connectivity index (χ3v) is 5.59. The fourth-order valence-corrected chi connectivity index (χ4v) is 4.40. The van der Waals surface area contributed by atoms with E-state index in [2.05, 4.69) is 0 Å². The highest BCUT2D eigenvalue weighted by atomic mass is 35.5. The average Bonchev–Trinajstić information content (AvgIpc) is 2.77. The van der Waals surface area contributed by atoms with Crippen LogP contribution >= 0.6 is 11.6 Å². The number of anilines is 1. The van der Waals surface area contributed by atoms with E-state index in [0.717, 1.165) is 5.69 Å². The Kier molecular flexibility index (Phi) is 4.19. The van der Waals surface area contributed by atoms with E-state index in [9.17, 15) is 18.5 Å². The van der Waals surface area contributed by atoms with Gasteiger partial charge in [0.05, 0.1) is 16.4 Å². The second kappa shape index (κ2) is 5.57. The molecule has 1 fully saturated rings. The molecule has 0 aliphatic carbocycles. The molecule has 1 atom stereocenters. The minimum absolute atomic E-state index is 0.0168. The molecule has 1 aliphatic rings. The number of sulfone groups is 1. The lowest BCUT2D eigenvalue weighted by Gasteiger charge is -2.27. The molecule has 1 aromatic carbocycles. The standard InChI is InChI=1S/C12H15ClN2O4S/c1-14(11-4-5-20(18,19)8-11)12-3-2-10(15(16)17)6-9(12)7-13/h2-3,6,11H,4-5,7-8H2,1H3. The Morgan fingerprint density at radius 1 is 1.50 bits per heavy atom. The van der Waals surface area contributed by atoms with Crippen LogP contribution in [0, 0.1) is 10.1 Å². The van der Waals surface area contributed by atoms with E-state index in [4.69, 9.17) is 11.6 Å². The van der Waals surface area contributed by atoms with Gasteiger partial charge in [0.1, 0.15) is 0 Å². The van der Waals surface area contributed by atoms with Gasteiger partial charge in [-0.2, -0.15) is 0 Å². The highest BCUT2D eigenvalue weighted by Gasteiger charge is 2.31. The van der Waals surface area contributed by atoms with Crippen LogP contribution in [0.2, 0.25) is 0 Å². The molecule has 0 saturated carbocycles. The van der Waals surface area contributed by atoms with Gasteiger partial charge in [0.2, 0.25) is 0 Å². The van der Waals surface area contributed by atoms with E-state index >= 15 is 0 Å². The van der Waals surface area contributed by atoms with E-state index in [-0.39, 0.29) is 29.1 Å². The molecule has 0 radical (unpaired) electrons. The number of hydrogen-bond acceptors (Lipinski definition) is 5. The molecular formula is C12H15ClN2O4S. The largest absolute Gasteiger partial charge is 0.370 e. The fourth-order valence-electron chi connectivity index (χ4n) is 2.41. The van der Waals surface area contributed by atoms with E-state index in [0.29, 0.717) is 12.0 Å². The van der Waals surface area contributed by atoms with Gasteiger partial charge in [-0.1, -0.05) is 0 Å². The second-order valence-electron chi connectivity index (χ2n) is 4.87. The lowest BCUT2D eigenvalue weighted by atomic mass is 10.1. The molecule has 0 aromatic heterocycles. The van der Waals surface area contributed by atoms with Crippen molar-refractivity contribution in [2.75, 3.05) is 23.5 Å². The first-order chi connectivity index (χ1) is 9.34. The maximum atomic E-state index is 11.5. The Morgan fingerprint density at radius 3 is 2.70 bits per heavy atom. The number of alkyl halides is 1. The lowest BCUT2D eigenvalue weighted by molar-refractivity contribution is -0.384. The average molecular weight is 319 g/mol. The molecule has 0 N–H and O–H groups in total. The molecule has 8 heteroatoms. The first-order valence-electron chi connectivity index (χ1n) is 6.10. The van der Waals surface area contributed by atoms with E-state index in [1.54, 1.807) is 13.1 Å². The SMILES string of the molecule is CN(c1ccc([N+](=O)[O-])cc1CCl)C1CCS(=O)(=O)C1. The Hall–Kier alpha value is -1.34. The Bertz CT molecular complexity index is 632. The molecule has 0 amide bonds. The van der Waals surface area contributed by atoms with Crippen molar-refractivity contribution >= 4 is 32.8 Å². The van der Waals surface area contributed by atoms with Gasteiger partial charge < -0.3 is 4.90 Å². The predicted molar refractivity (Wildman–Crippen MR) is 78.1 cm³/mol. The van der Waals surface area contributed by atoms with Crippen LogP contribution in [0.3, 0.4) is 0 Å². The number of nitrogens with zero attached hydrogens (tertiary/aromatic N) is 2. The third-order valence-electron chi connectivity index (χ3n) is 3.55. The number of halogens is 1. The van der Waals surface area contributed by atoms with Crippen molar-refractivity contribution < 1.29 is 13.3 Å². The van der Waals surface area contributed by atoms with Crippen LogP contribution in [0.1, 0.15) is 12.0 Å². The van der Waals surface area contributed by atoms with Crippen LogP contribution in [-0.2, 0) is 15.7 Å². The molecule has 1 aromatic rings. The molecule has 1 heterocycles. The molecule has 2 rings (SSSR count). The van der Waals surface area contributed by atoms with Crippen molar-refractivity contribution in [3.8, 4) is 0 Å². The Morgan fingerprint density at radius 2 is 2.20 bits per heavy atom. The zero-order chi connectivity index (χ0) is 14.9. The van der Waals surface area contributed by atoms with Crippen molar-refractivity contribution in [2.45, 2.75) is 18.3 Å². The molecule has 0 bridgehead atoms. The van der Waals surface area contributed by atoms with Crippen LogP contribution in [0.4, 0.5) is 11.4 Å². The first kappa shape index (κ1) is 15.1. The summed E-state index contributed by atoms with van der Waals surface area (Å²) in [6.45, 7) is 0. The monoisotopic (exact) mass is 318 g/mol. The summed E-state index contributed by atoms with van der Waals surface area (Å²) < 4.78 is 23.1. The third kappa shape index (κ3) is 3.04. The molecule has 1 unspecified atom stereocenters. The van der Waals surface area contributed by atoms with Crippen LogP contribution in [0.25, 0.3) is 0 Å². The summed E-state index contributed by atoms with van der Waals surface area (Å²) in [4.78, 5) is 12.1. The van der Waals surface area contributed by atoms with Gasteiger partial charge in [0.25, 0.3) is 5.69 Å². The van der Waals surface area contributed by atoms with Gasteiger partial charge in [0, 0.05) is 36.8 Å². The Balaban J connectivity index is 2.30. The van der Waals surface area contributed by atoms with Crippen LogP contribution in [0.15, 0.2) is 18.2 Å². The first-order valence-corrected chi connectivity index (χ1v) is 8.46. The zero-order valence-corrected chi connectivity index (χ0v) is 12.5. The van der Waals surface area contributed by atoms with Crippen molar-refractivity contribution in [1.82, 2.24) is 0 Å². The summed E-state index contributed by atoms with van der Waals surface area (Å²) >= 11 is 5.85. The van der Waals surface area contributed by atoms with Gasteiger partial charge in [-0.15, -0.1) is 11.6 Å². The van der Waals surface area contributed by atoms with E-state index in [1.165, 1.54) is 12.1 Å². The lowest BCUT2D eigenvalue weighted by Crippen LogP contribution is -2.33. The summed E-state index contributed by atoms with van der Waals surface area (Å²) in [5, 5.41) is 10.8. The highest BCUT2D eigenvalue weighted by molar-refractivity contribution is 7.91. The van der Waals surface area contributed by atoms with Crippen molar-refractivity contribution in [1.29, 1.82) is 0 Å². The van der Waals surface area contributed by atoms with Gasteiger partial charge in [-0.3, -0.25) is 10.1 Å². The topological polar surface area (TPSA) is 80.5 Å². The maximum absolute atomic E-state index is 11.5. The summed E-state index contributed by atoms with van der Waals surface area (Å²) in [6, 6.07) is 4.36. The van der Waals surface area contributed by atoms with Gasteiger partial charge in [-0.25, -0.2) is 8.42 Å². The molecule has 6 nitrogen and oxygen atoms in total. The predicted octanol–water partition coefficient (Wildman–Crippen LogP) is 1.96. The molecule has 110 valence electrons. The summed E-state index contributed by atoms with van der Waals surface area (Å²) in [6.07, 6.45) is 0.567. The number of nitro benzene ring substituents is 1. The van der Waals surface area contributed by atoms with Gasteiger partial charge in [0.15, 0.2) is 9.84 Å². The smallest absolute Gasteiger partial charge is 0.269 e. The fraction of sp³-hybridized carbons (Fsp3) is 0.500. The van der Waals surface area contributed by atoms with Crippen molar-refractivity contribution in [3.05, 3.63) is 33.9 Å². The molecule has 20 heavy (non-hydrogen) atoms. The number of non-ortho nitro benzene ring substituents is 1. The van der Waals surface area contributed by atoms with Crippen LogP contribution in [-0.4, -0.2) is 37.9 Å². The molecule has 1 saturated heterocycles. The van der Waals surface area contributed by atoms with Crippen molar-refractivity contribution in [2.24, 2.45) is 0 Å². The molecule has 1 aliphatic heterocycles. The van der Waals surface area contributed by atoms with Crippen molar-refractivity contribution in [3.63, 3.8) is 0 Å². The molecule has 0 spiro atoms. The summed E-state index contributed by atoms with van der Waals surface area (Å²) in [7, 11) is -1.18. The number of rotatable bonds is 4. The number of benzene rings is 1. The van der Waals surface area contributed by atoms with Gasteiger partial charge in [-0.05, 0) is 18.1 Å². The number of hydrogen-bond donors (Lipinski definition) is 0. The minimum Gasteiger partial charge on any atom is -0.370 e. The number of nitro groups is 1. The summed E-state index contributed by atoms with van der Waals surface area (Å²) in [5.74, 6) is 0.439. The highest BCUT2D eigenvalue weighted by Crippen LogP contribution is 2.30. The quantitative estimate of drug-likeness (QED) is 0.481. The van der Waals surface area contributed by atoms with E-state index < -0.39 is 14.8 Å². The maximum Gasteiger partial charge on any atom is 0.269 e. The van der Waals surface area contributed by atoms with E-state index in [1.807, 2.05) is 4.90 Å². The summed E-state index contributed by atoms with van der Waals surface area (Å²) in [5.41, 5.74) is 1.36. The normalized spacial score (nSPS) is 20.8. The van der Waals surface area contributed by atoms with Crippen LogP contribution in [0.5, 0.6) is 0 Å². The Labute approximate surface area is 122 Å². The van der Waals surface area contributed by atoms with Gasteiger partial charge >= 0.3 is 0 Å². The van der Waals surface area contributed by atoms with Crippen LogP contribution < -0.4 is 4.90 Å². The molecular weight excluding hydrogens is 304 g/mol. The zero-order valence-electron chi connectivity index (χ0n) is 11.0.